The van der Waals surface area contributed by atoms with Crippen LogP contribution in [0.1, 0.15) is 33.3 Å². The van der Waals surface area contributed by atoms with Crippen molar-refractivity contribution in [3.05, 3.63) is 23.8 Å². The quantitative estimate of drug-likeness (QED) is 0.784. The van der Waals surface area contributed by atoms with Gasteiger partial charge in [0.2, 0.25) is 0 Å². The fourth-order valence-corrected chi connectivity index (χ4v) is 1.58. The number of hydrogen-bond donors (Lipinski definition) is 3. The zero-order chi connectivity index (χ0) is 14.5. The summed E-state index contributed by atoms with van der Waals surface area (Å²) >= 11 is 0. The molecule has 0 heterocycles. The summed E-state index contributed by atoms with van der Waals surface area (Å²) in [6, 6.07) is 4.90. The number of aliphatic hydroxyl groups excluding tert-OH is 1. The predicted octanol–water partition coefficient (Wildman–Crippen LogP) is 2.50. The van der Waals surface area contributed by atoms with Crippen LogP contribution in [0, 0.1) is 0 Å². The maximum atomic E-state index is 11.7. The number of carbonyl (C=O) groups is 1. The zero-order valence-electron chi connectivity index (χ0n) is 11.9. The van der Waals surface area contributed by atoms with Crippen LogP contribution in [-0.4, -0.2) is 23.3 Å². The average Bonchev–Trinajstić information content (AvgIpc) is 2.28. The summed E-state index contributed by atoms with van der Waals surface area (Å²) in [4.78, 5) is 11.7. The number of amides is 2. The second kappa shape index (κ2) is 6.43. The molecule has 0 radical (unpaired) electrons. The molecule has 0 unspecified atom stereocenters. The van der Waals surface area contributed by atoms with Gasteiger partial charge < -0.3 is 20.5 Å². The molecule has 0 fully saturated rings. The van der Waals surface area contributed by atoms with Gasteiger partial charge in [0.1, 0.15) is 5.75 Å². The minimum atomic E-state index is -0.296. The van der Waals surface area contributed by atoms with Crippen molar-refractivity contribution in [3.8, 4) is 5.75 Å². The van der Waals surface area contributed by atoms with Crippen molar-refractivity contribution in [1.82, 2.24) is 5.32 Å². The van der Waals surface area contributed by atoms with Gasteiger partial charge in [-0.05, 0) is 45.9 Å². The second-order valence-corrected chi connectivity index (χ2v) is 5.24. The van der Waals surface area contributed by atoms with E-state index in [1.165, 1.54) is 0 Å². The summed E-state index contributed by atoms with van der Waals surface area (Å²) in [7, 11) is 0. The van der Waals surface area contributed by atoms with Crippen LogP contribution in [0.15, 0.2) is 18.2 Å². The Morgan fingerprint density at radius 1 is 1.37 bits per heavy atom. The van der Waals surface area contributed by atoms with E-state index in [9.17, 15) is 9.90 Å². The van der Waals surface area contributed by atoms with Crippen molar-refractivity contribution in [2.24, 2.45) is 0 Å². The number of ether oxygens (including phenoxy) is 1. The van der Waals surface area contributed by atoms with E-state index in [1.807, 2.05) is 27.7 Å². The first-order valence-electron chi connectivity index (χ1n) is 6.31. The lowest BCUT2D eigenvalue weighted by Crippen LogP contribution is -2.43. The van der Waals surface area contributed by atoms with Gasteiger partial charge in [-0.2, -0.15) is 0 Å². The fraction of sp³-hybridized carbons (Fsp3) is 0.500. The van der Waals surface area contributed by atoms with Crippen molar-refractivity contribution in [2.75, 3.05) is 11.9 Å². The molecule has 0 bridgehead atoms. The van der Waals surface area contributed by atoms with Gasteiger partial charge in [0.25, 0.3) is 0 Å². The molecule has 5 nitrogen and oxygen atoms in total. The molecule has 5 heteroatoms. The highest BCUT2D eigenvalue weighted by molar-refractivity contribution is 5.89. The molecule has 0 aromatic heterocycles. The summed E-state index contributed by atoms with van der Waals surface area (Å²) < 4.78 is 5.38. The first-order chi connectivity index (χ1) is 8.85. The molecule has 0 saturated carbocycles. The van der Waals surface area contributed by atoms with E-state index in [-0.39, 0.29) is 18.2 Å². The van der Waals surface area contributed by atoms with E-state index < -0.39 is 0 Å². The minimum Gasteiger partial charge on any atom is -0.494 e. The Morgan fingerprint density at radius 3 is 2.58 bits per heavy atom. The zero-order valence-corrected chi connectivity index (χ0v) is 11.9. The van der Waals surface area contributed by atoms with Crippen LogP contribution in [0.2, 0.25) is 0 Å². The highest BCUT2D eigenvalue weighted by Crippen LogP contribution is 2.23. The van der Waals surface area contributed by atoms with Gasteiger partial charge in [-0.1, -0.05) is 0 Å². The Bertz CT molecular complexity index is 439. The third-order valence-electron chi connectivity index (χ3n) is 2.28. The summed E-state index contributed by atoms with van der Waals surface area (Å²) in [5.74, 6) is 0.631. The summed E-state index contributed by atoms with van der Waals surface area (Å²) in [5, 5.41) is 14.8. The smallest absolute Gasteiger partial charge is 0.319 e. The largest absolute Gasteiger partial charge is 0.494 e. The van der Waals surface area contributed by atoms with Gasteiger partial charge in [-0.15, -0.1) is 0 Å². The molecule has 0 saturated heterocycles. The molecular weight excluding hydrogens is 244 g/mol. The van der Waals surface area contributed by atoms with Gasteiger partial charge in [0, 0.05) is 16.8 Å². The predicted molar refractivity (Wildman–Crippen MR) is 75.4 cm³/mol. The standard InChI is InChI=1S/C14H22N2O3/c1-5-19-12-7-6-11(8-10(12)9-17)15-13(18)16-14(2,3)4/h6-8,17H,5,9H2,1-4H3,(H2,15,16,18). The first-order valence-corrected chi connectivity index (χ1v) is 6.31. The highest BCUT2D eigenvalue weighted by atomic mass is 16.5. The van der Waals surface area contributed by atoms with Crippen LogP contribution in [-0.2, 0) is 6.61 Å². The molecule has 1 rings (SSSR count). The maximum absolute atomic E-state index is 11.7. The monoisotopic (exact) mass is 266 g/mol. The van der Waals surface area contributed by atoms with Crippen molar-refractivity contribution in [1.29, 1.82) is 0 Å². The number of nitrogens with one attached hydrogen (secondary N) is 2. The molecular formula is C14H22N2O3. The maximum Gasteiger partial charge on any atom is 0.319 e. The molecule has 0 aliphatic heterocycles. The molecule has 0 aliphatic carbocycles. The number of benzene rings is 1. The number of urea groups is 1. The van der Waals surface area contributed by atoms with Crippen molar-refractivity contribution in [2.45, 2.75) is 39.8 Å². The van der Waals surface area contributed by atoms with Crippen LogP contribution in [0.25, 0.3) is 0 Å². The molecule has 0 spiro atoms. The topological polar surface area (TPSA) is 70.6 Å². The van der Waals surface area contributed by atoms with Gasteiger partial charge in [-0.25, -0.2) is 4.79 Å². The van der Waals surface area contributed by atoms with Crippen LogP contribution in [0.4, 0.5) is 10.5 Å². The lowest BCUT2D eigenvalue weighted by atomic mass is 10.1. The lowest BCUT2D eigenvalue weighted by Gasteiger charge is -2.21. The molecule has 0 atom stereocenters. The summed E-state index contributed by atoms with van der Waals surface area (Å²) in [5.41, 5.74) is 0.972. The van der Waals surface area contributed by atoms with Gasteiger partial charge in [0.05, 0.1) is 13.2 Å². The fourth-order valence-electron chi connectivity index (χ4n) is 1.58. The normalized spacial score (nSPS) is 11.0. The van der Waals surface area contributed by atoms with Crippen molar-refractivity contribution in [3.63, 3.8) is 0 Å². The summed E-state index contributed by atoms with van der Waals surface area (Å²) in [6.45, 7) is 8.00. The van der Waals surface area contributed by atoms with Crippen LogP contribution in [0.3, 0.4) is 0 Å². The molecule has 106 valence electrons. The Labute approximate surface area is 114 Å². The van der Waals surface area contributed by atoms with Crippen molar-refractivity contribution >= 4 is 11.7 Å². The number of rotatable bonds is 4. The molecule has 2 amide bonds. The second-order valence-electron chi connectivity index (χ2n) is 5.24. The van der Waals surface area contributed by atoms with Gasteiger partial charge in [-0.3, -0.25) is 0 Å². The van der Waals surface area contributed by atoms with Gasteiger partial charge in [0.15, 0.2) is 0 Å². The van der Waals surface area contributed by atoms with E-state index in [2.05, 4.69) is 10.6 Å². The molecule has 0 aliphatic rings. The Hall–Kier alpha value is -1.75. The number of aliphatic hydroxyl groups is 1. The van der Waals surface area contributed by atoms with Gasteiger partial charge >= 0.3 is 6.03 Å². The molecule has 3 N–H and O–H groups in total. The lowest BCUT2D eigenvalue weighted by molar-refractivity contribution is 0.243. The van der Waals surface area contributed by atoms with E-state index in [0.29, 0.717) is 23.6 Å². The third kappa shape index (κ3) is 5.18. The van der Waals surface area contributed by atoms with Crippen molar-refractivity contribution < 1.29 is 14.6 Å². The van der Waals surface area contributed by atoms with E-state index in [0.717, 1.165) is 0 Å². The first kappa shape index (κ1) is 15.3. The van der Waals surface area contributed by atoms with E-state index in [1.54, 1.807) is 18.2 Å². The molecule has 1 aromatic rings. The summed E-state index contributed by atoms with van der Waals surface area (Å²) in [6.07, 6.45) is 0. The Kier molecular flexibility index (Phi) is 5.18. The van der Waals surface area contributed by atoms with E-state index >= 15 is 0 Å². The molecule has 1 aromatic carbocycles. The van der Waals surface area contributed by atoms with E-state index in [4.69, 9.17) is 4.74 Å². The number of carbonyl (C=O) groups excluding carboxylic acids is 1. The molecule has 19 heavy (non-hydrogen) atoms. The number of hydrogen-bond acceptors (Lipinski definition) is 3. The highest BCUT2D eigenvalue weighted by Gasteiger charge is 2.14. The minimum absolute atomic E-state index is 0.133. The Morgan fingerprint density at radius 2 is 2.05 bits per heavy atom. The average molecular weight is 266 g/mol. The van der Waals surface area contributed by atoms with Crippen LogP contribution < -0.4 is 15.4 Å². The van der Waals surface area contributed by atoms with Crippen LogP contribution in [0.5, 0.6) is 5.75 Å². The Balaban J connectivity index is 2.77. The van der Waals surface area contributed by atoms with Crippen LogP contribution >= 0.6 is 0 Å². The number of anilines is 1. The SMILES string of the molecule is CCOc1ccc(NC(=O)NC(C)(C)C)cc1CO. The third-order valence-corrected chi connectivity index (χ3v) is 2.28.